The van der Waals surface area contributed by atoms with Crippen molar-refractivity contribution in [2.45, 2.75) is 43.9 Å². The van der Waals surface area contributed by atoms with E-state index >= 15 is 0 Å². The minimum absolute atomic E-state index is 0. The van der Waals surface area contributed by atoms with Crippen molar-refractivity contribution in [3.05, 3.63) is 60.2 Å². The van der Waals surface area contributed by atoms with Crippen LogP contribution < -0.4 is 0 Å². The Morgan fingerprint density at radius 1 is 1.05 bits per heavy atom. The predicted molar refractivity (Wildman–Crippen MR) is 94.1 cm³/mol. The Hall–Kier alpha value is -0.805. The summed E-state index contributed by atoms with van der Waals surface area (Å²) in [5.74, 6) is 0. The average Bonchev–Trinajstić information content (AvgIpc) is 2.39. The minimum Gasteiger partial charge on any atom is -0.0897 e. The maximum atomic E-state index is 2.47. The molecule has 0 saturated carbocycles. The van der Waals surface area contributed by atoms with Crippen LogP contribution >= 0.6 is 7.92 Å². The first kappa shape index (κ1) is 17.2. The predicted octanol–water partition coefficient (Wildman–Crippen LogP) is 5.01. The first-order chi connectivity index (χ1) is 8.94. The number of hydrogen-bond donors (Lipinski definition) is 0. The molecule has 1 atom stereocenters. The summed E-state index contributed by atoms with van der Waals surface area (Å²) in [4.78, 5) is 0. The van der Waals surface area contributed by atoms with Crippen LogP contribution in [0.2, 0.25) is 0 Å². The van der Waals surface area contributed by atoms with Gasteiger partial charge < -0.3 is 0 Å². The maximum Gasteiger partial charge on any atom is 0.0305 e. The smallest absolute Gasteiger partial charge is 0.0305 e. The van der Waals surface area contributed by atoms with Crippen molar-refractivity contribution in [2.75, 3.05) is 6.66 Å². The molecule has 105 valence electrons. The largest absolute Gasteiger partial charge is 0.0897 e. The Morgan fingerprint density at radius 3 is 2.10 bits per heavy atom. The van der Waals surface area contributed by atoms with Crippen LogP contribution in [0.25, 0.3) is 0 Å². The highest BCUT2D eigenvalue weighted by Crippen LogP contribution is 2.60. The lowest BCUT2D eigenvalue weighted by Gasteiger charge is -2.43. The molecule has 0 spiro atoms. The van der Waals surface area contributed by atoms with Crippen molar-refractivity contribution in [3.8, 4) is 0 Å². The van der Waals surface area contributed by atoms with E-state index in [2.05, 4.69) is 82.1 Å². The Bertz CT molecular complexity index is 456. The van der Waals surface area contributed by atoms with Crippen LogP contribution in [0.4, 0.5) is 0 Å². The third-order valence-electron chi connectivity index (χ3n) is 4.05. The zero-order valence-electron chi connectivity index (χ0n) is 13.1. The molecule has 0 bridgehead atoms. The lowest BCUT2D eigenvalue weighted by atomic mass is 9.94. The molecule has 3 radical (unpaired) electrons. The third-order valence-corrected chi connectivity index (χ3v) is 7.76. The summed E-state index contributed by atoms with van der Waals surface area (Å²) >= 11 is 0. The Morgan fingerprint density at radius 2 is 1.60 bits per heavy atom. The topological polar surface area (TPSA) is 0 Å². The van der Waals surface area contributed by atoms with E-state index in [1.54, 1.807) is 0 Å². The first-order valence-electron chi connectivity index (χ1n) is 7.07. The number of rotatable bonds is 3. The molecular formula is C18H25BP. The van der Waals surface area contributed by atoms with Gasteiger partial charge in [0.1, 0.15) is 0 Å². The molecular weight excluding hydrogens is 258 g/mol. The van der Waals surface area contributed by atoms with Gasteiger partial charge in [-0.05, 0) is 30.2 Å². The molecule has 0 saturated heterocycles. The Labute approximate surface area is 127 Å². The zero-order chi connectivity index (χ0) is 13.9. The lowest BCUT2D eigenvalue weighted by Crippen LogP contribution is -2.32. The van der Waals surface area contributed by atoms with Crippen LogP contribution in [-0.2, 0) is 6.42 Å². The van der Waals surface area contributed by atoms with Crippen LogP contribution in [0.15, 0.2) is 54.6 Å². The van der Waals surface area contributed by atoms with Gasteiger partial charge in [-0.25, -0.2) is 0 Å². The number of allylic oxidation sites excluding steroid dienone is 4. The van der Waals surface area contributed by atoms with E-state index in [0.717, 1.165) is 12.8 Å². The van der Waals surface area contributed by atoms with Gasteiger partial charge in [0.15, 0.2) is 0 Å². The number of hydrogen-bond acceptors (Lipinski definition) is 0. The summed E-state index contributed by atoms with van der Waals surface area (Å²) in [6.07, 6.45) is 11.8. The first-order valence-corrected chi connectivity index (χ1v) is 8.86. The van der Waals surface area contributed by atoms with Crippen molar-refractivity contribution in [2.24, 2.45) is 0 Å². The van der Waals surface area contributed by atoms with Crippen LogP contribution in [0.3, 0.4) is 0 Å². The van der Waals surface area contributed by atoms with Crippen molar-refractivity contribution in [1.82, 2.24) is 0 Å². The lowest BCUT2D eigenvalue weighted by molar-refractivity contribution is 0.735. The fourth-order valence-corrected chi connectivity index (χ4v) is 5.01. The average molecular weight is 283 g/mol. The molecule has 1 aromatic carbocycles. The second-order valence-electron chi connectivity index (χ2n) is 6.42. The normalized spacial score (nSPS) is 18.4. The molecule has 1 aromatic rings. The maximum absolute atomic E-state index is 2.47. The molecule has 0 aliphatic heterocycles. The molecule has 2 rings (SSSR count). The van der Waals surface area contributed by atoms with Gasteiger partial charge in [0, 0.05) is 13.6 Å². The van der Waals surface area contributed by atoms with Crippen molar-refractivity contribution in [1.29, 1.82) is 0 Å². The molecule has 0 N–H and O–H groups in total. The monoisotopic (exact) mass is 283 g/mol. The molecule has 2 heteroatoms. The molecule has 0 aromatic heterocycles. The van der Waals surface area contributed by atoms with E-state index in [9.17, 15) is 0 Å². The van der Waals surface area contributed by atoms with E-state index in [-0.39, 0.29) is 21.5 Å². The summed E-state index contributed by atoms with van der Waals surface area (Å²) in [7, 11) is -0.121. The Balaban J connectivity index is 0.00000200. The molecule has 1 aliphatic rings. The Kier molecular flexibility index (Phi) is 5.84. The van der Waals surface area contributed by atoms with Gasteiger partial charge in [-0.3, -0.25) is 0 Å². The summed E-state index contributed by atoms with van der Waals surface area (Å²) in [6.45, 7) is 9.59. The van der Waals surface area contributed by atoms with E-state index in [1.165, 1.54) is 5.56 Å². The van der Waals surface area contributed by atoms with Crippen molar-refractivity contribution < 1.29 is 0 Å². The highest BCUT2D eigenvalue weighted by molar-refractivity contribution is 7.60. The molecule has 1 aliphatic carbocycles. The van der Waals surface area contributed by atoms with Gasteiger partial charge >= 0.3 is 0 Å². The van der Waals surface area contributed by atoms with Crippen LogP contribution in [0.1, 0.15) is 32.8 Å². The quantitative estimate of drug-likeness (QED) is 0.415. The summed E-state index contributed by atoms with van der Waals surface area (Å²) < 4.78 is 0. The molecule has 1 unspecified atom stereocenters. The van der Waals surface area contributed by atoms with E-state index in [4.69, 9.17) is 0 Å². The van der Waals surface area contributed by atoms with Gasteiger partial charge in [-0.2, -0.15) is 0 Å². The highest BCUT2D eigenvalue weighted by Gasteiger charge is 2.38. The van der Waals surface area contributed by atoms with Gasteiger partial charge in [0.25, 0.3) is 0 Å². The van der Waals surface area contributed by atoms with Crippen LogP contribution in [-0.4, -0.2) is 25.4 Å². The van der Waals surface area contributed by atoms with Crippen LogP contribution in [0.5, 0.6) is 0 Å². The second-order valence-corrected chi connectivity index (χ2v) is 9.72. The van der Waals surface area contributed by atoms with Crippen LogP contribution in [0, 0.1) is 0 Å². The summed E-state index contributed by atoms with van der Waals surface area (Å²) in [5, 5.41) is 0.601. The van der Waals surface area contributed by atoms with E-state index < -0.39 is 0 Å². The van der Waals surface area contributed by atoms with Crippen molar-refractivity contribution in [3.63, 3.8) is 0 Å². The molecule has 0 amide bonds. The van der Waals surface area contributed by atoms with E-state index in [1.807, 2.05) is 0 Å². The van der Waals surface area contributed by atoms with Gasteiger partial charge in [-0.1, -0.05) is 83.3 Å². The third kappa shape index (κ3) is 3.86. The van der Waals surface area contributed by atoms with Gasteiger partial charge in [0.05, 0.1) is 0 Å². The fourth-order valence-electron chi connectivity index (χ4n) is 2.69. The summed E-state index contributed by atoms with van der Waals surface area (Å²) in [5.41, 5.74) is 1.44. The van der Waals surface area contributed by atoms with Gasteiger partial charge in [0.2, 0.25) is 0 Å². The minimum atomic E-state index is -0.121. The van der Waals surface area contributed by atoms with Gasteiger partial charge in [-0.15, -0.1) is 0 Å². The molecule has 0 heterocycles. The molecule has 20 heavy (non-hydrogen) atoms. The van der Waals surface area contributed by atoms with Crippen molar-refractivity contribution >= 4 is 16.3 Å². The molecule has 0 nitrogen and oxygen atoms in total. The number of benzene rings is 1. The van der Waals surface area contributed by atoms with E-state index in [0.29, 0.717) is 5.16 Å². The highest BCUT2D eigenvalue weighted by atomic mass is 31.1. The fraction of sp³-hybridized carbons (Fsp3) is 0.444. The zero-order valence-corrected chi connectivity index (χ0v) is 14.0. The summed E-state index contributed by atoms with van der Waals surface area (Å²) in [6, 6.07) is 10.9. The second kappa shape index (κ2) is 6.77. The standard InChI is InChI=1S/C18H25P.B/c1-17(2,3)19(4)18(13-9-6-10-14-18)15-16-11-7-5-8-12-16;/h5,7-14H,6,15H2,1-4H3;. The molecule has 0 fully saturated rings. The SMILES string of the molecule is CP(C(C)(C)C)C1(Cc2ccccc2)C=CCC=C1.[B].